The van der Waals surface area contributed by atoms with Crippen LogP contribution in [0.15, 0.2) is 47.4 Å². The molecule has 1 aliphatic rings. The molecule has 0 radical (unpaired) electrons. The first-order valence-electron chi connectivity index (χ1n) is 8.89. The number of nitrogens with zero attached hydrogens (tertiary/aromatic N) is 2. The van der Waals surface area contributed by atoms with Crippen molar-refractivity contribution in [3.8, 4) is 0 Å². The van der Waals surface area contributed by atoms with Gasteiger partial charge in [-0.15, -0.1) is 0 Å². The van der Waals surface area contributed by atoms with Gasteiger partial charge in [-0.1, -0.05) is 10.5 Å². The molecule has 1 fully saturated rings. The highest BCUT2D eigenvalue weighted by Gasteiger charge is 2.22. The maximum absolute atomic E-state index is 14.5. The molecule has 0 aliphatic carbocycles. The van der Waals surface area contributed by atoms with Crippen LogP contribution in [0.1, 0.15) is 10.4 Å². The smallest absolute Gasteiger partial charge is 0.264 e. The van der Waals surface area contributed by atoms with Crippen LogP contribution in [0.5, 0.6) is 0 Å². The van der Waals surface area contributed by atoms with Gasteiger partial charge in [-0.3, -0.25) is 9.63 Å². The van der Waals surface area contributed by atoms with Crippen LogP contribution in [0.3, 0.4) is 0 Å². The second-order valence-corrected chi connectivity index (χ2v) is 8.28. The Labute approximate surface area is 168 Å². The number of benzene rings is 2. The summed E-state index contributed by atoms with van der Waals surface area (Å²) >= 11 is 0. The molecule has 156 valence electrons. The van der Waals surface area contributed by atoms with Gasteiger partial charge in [0, 0.05) is 31.4 Å². The van der Waals surface area contributed by atoms with Crippen molar-refractivity contribution in [2.75, 3.05) is 50.7 Å². The van der Waals surface area contributed by atoms with Gasteiger partial charge in [-0.2, -0.15) is 0 Å². The van der Waals surface area contributed by atoms with Crippen LogP contribution in [-0.2, 0) is 19.6 Å². The van der Waals surface area contributed by atoms with Crippen molar-refractivity contribution in [2.24, 2.45) is 0 Å². The molecule has 1 amide bonds. The van der Waals surface area contributed by atoms with E-state index in [9.17, 15) is 17.6 Å². The zero-order chi connectivity index (χ0) is 21.0. The van der Waals surface area contributed by atoms with E-state index in [1.54, 1.807) is 12.1 Å². The van der Waals surface area contributed by atoms with E-state index in [0.717, 1.165) is 0 Å². The summed E-state index contributed by atoms with van der Waals surface area (Å²) in [5.41, 5.74) is 0.835. The van der Waals surface area contributed by atoms with Crippen molar-refractivity contribution in [1.82, 2.24) is 4.47 Å². The molecule has 3 rings (SSSR count). The van der Waals surface area contributed by atoms with Crippen LogP contribution < -0.4 is 10.2 Å². The number of carbonyl (C=O) groups excluding carboxylic acids is 1. The molecule has 1 heterocycles. The number of halogens is 1. The lowest BCUT2D eigenvalue weighted by atomic mass is 10.2. The van der Waals surface area contributed by atoms with Crippen LogP contribution in [0.4, 0.5) is 15.8 Å². The summed E-state index contributed by atoms with van der Waals surface area (Å²) in [4.78, 5) is 19.0. The monoisotopic (exact) mass is 423 g/mol. The Bertz CT molecular complexity index is 993. The number of anilines is 2. The number of hydrogen-bond donors (Lipinski definition) is 1. The van der Waals surface area contributed by atoms with Crippen molar-refractivity contribution >= 4 is 27.3 Å². The Morgan fingerprint density at radius 2 is 1.93 bits per heavy atom. The van der Waals surface area contributed by atoms with Crippen LogP contribution in [0, 0.1) is 5.82 Å². The first kappa shape index (κ1) is 21.2. The van der Waals surface area contributed by atoms with E-state index < -0.39 is 21.7 Å². The van der Waals surface area contributed by atoms with Gasteiger partial charge in [0.15, 0.2) is 0 Å². The summed E-state index contributed by atoms with van der Waals surface area (Å²) in [6.45, 7) is 2.27. The fourth-order valence-corrected chi connectivity index (χ4v) is 3.91. The van der Waals surface area contributed by atoms with Crippen molar-refractivity contribution in [3.63, 3.8) is 0 Å². The fraction of sp³-hybridized carbons (Fsp3) is 0.316. The van der Waals surface area contributed by atoms with Gasteiger partial charge in [-0.25, -0.2) is 12.8 Å². The lowest BCUT2D eigenvalue weighted by Crippen LogP contribution is -2.36. The largest absolute Gasteiger partial charge is 0.378 e. The fourth-order valence-electron chi connectivity index (χ4n) is 2.89. The molecule has 1 aliphatic heterocycles. The third kappa shape index (κ3) is 4.73. The van der Waals surface area contributed by atoms with Gasteiger partial charge >= 0.3 is 0 Å². The number of morpholine rings is 1. The van der Waals surface area contributed by atoms with E-state index in [1.807, 2.05) is 4.90 Å². The number of amides is 1. The highest BCUT2D eigenvalue weighted by Crippen LogP contribution is 2.24. The normalized spacial score (nSPS) is 14.8. The average Bonchev–Trinajstić information content (AvgIpc) is 2.74. The number of ether oxygens (including phenoxy) is 1. The Morgan fingerprint density at radius 3 is 2.59 bits per heavy atom. The van der Waals surface area contributed by atoms with E-state index in [0.29, 0.717) is 36.5 Å². The highest BCUT2D eigenvalue weighted by atomic mass is 32.2. The second-order valence-electron chi connectivity index (χ2n) is 6.34. The molecule has 1 N–H and O–H groups in total. The molecule has 0 spiro atoms. The molecule has 2 aromatic carbocycles. The van der Waals surface area contributed by atoms with Crippen molar-refractivity contribution in [2.45, 2.75) is 4.90 Å². The molecule has 0 aromatic heterocycles. The Kier molecular flexibility index (Phi) is 6.48. The summed E-state index contributed by atoms with van der Waals surface area (Å²) in [5.74, 6) is -1.01. The van der Waals surface area contributed by atoms with Crippen molar-refractivity contribution < 1.29 is 27.2 Å². The lowest BCUT2D eigenvalue weighted by molar-refractivity contribution is -0.0258. The maximum Gasteiger partial charge on any atom is 0.264 e. The van der Waals surface area contributed by atoms with E-state index in [-0.39, 0.29) is 16.1 Å². The Morgan fingerprint density at radius 1 is 1.21 bits per heavy atom. The van der Waals surface area contributed by atoms with Crippen molar-refractivity contribution in [3.05, 3.63) is 53.8 Å². The summed E-state index contributed by atoms with van der Waals surface area (Å²) < 4.78 is 45.1. The number of hydroxylamine groups is 1. The summed E-state index contributed by atoms with van der Waals surface area (Å²) in [5, 5.41) is 2.59. The predicted molar refractivity (Wildman–Crippen MR) is 106 cm³/mol. The third-order valence-electron chi connectivity index (χ3n) is 4.55. The van der Waals surface area contributed by atoms with Crippen LogP contribution >= 0.6 is 0 Å². The van der Waals surface area contributed by atoms with Crippen LogP contribution in [-0.4, -0.2) is 59.3 Å². The lowest BCUT2D eigenvalue weighted by Gasteiger charge is -2.29. The summed E-state index contributed by atoms with van der Waals surface area (Å²) in [6.07, 6.45) is 0. The number of hydrogen-bond acceptors (Lipinski definition) is 6. The van der Waals surface area contributed by atoms with Gasteiger partial charge in [-0.05, 0) is 36.4 Å². The van der Waals surface area contributed by atoms with Gasteiger partial charge in [0.25, 0.3) is 15.9 Å². The third-order valence-corrected chi connectivity index (χ3v) is 6.22. The molecule has 0 saturated carbocycles. The SMILES string of the molecule is CON(C)S(=O)(=O)c1cccc(C(=O)Nc2ccc(N3CCOCC3)c(F)c2)c1. The first-order chi connectivity index (χ1) is 13.8. The molecular weight excluding hydrogens is 401 g/mol. The quantitative estimate of drug-likeness (QED) is 0.716. The number of sulfonamides is 1. The summed E-state index contributed by atoms with van der Waals surface area (Å²) in [6, 6.07) is 9.96. The first-order valence-corrected chi connectivity index (χ1v) is 10.3. The molecule has 8 nitrogen and oxygen atoms in total. The number of nitrogens with one attached hydrogen (secondary N) is 1. The van der Waals surface area contributed by atoms with Gasteiger partial charge in [0.1, 0.15) is 5.82 Å². The van der Waals surface area contributed by atoms with Crippen molar-refractivity contribution in [1.29, 1.82) is 0 Å². The topological polar surface area (TPSA) is 88.2 Å². The van der Waals surface area contributed by atoms with E-state index in [4.69, 9.17) is 9.57 Å². The minimum absolute atomic E-state index is 0.0941. The van der Waals surface area contributed by atoms with E-state index in [1.165, 1.54) is 44.5 Å². The molecular formula is C19H22FN3O5S. The van der Waals surface area contributed by atoms with Crippen LogP contribution in [0.2, 0.25) is 0 Å². The highest BCUT2D eigenvalue weighted by molar-refractivity contribution is 7.89. The minimum Gasteiger partial charge on any atom is -0.378 e. The summed E-state index contributed by atoms with van der Waals surface area (Å²) in [7, 11) is -1.41. The second kappa shape index (κ2) is 8.87. The van der Waals surface area contributed by atoms with Crippen LogP contribution in [0.25, 0.3) is 0 Å². The molecule has 29 heavy (non-hydrogen) atoms. The zero-order valence-corrected chi connectivity index (χ0v) is 16.9. The van der Waals surface area contributed by atoms with Gasteiger partial charge in [0.05, 0.1) is 30.9 Å². The van der Waals surface area contributed by atoms with Gasteiger partial charge in [0.2, 0.25) is 0 Å². The Balaban J connectivity index is 1.77. The molecule has 1 saturated heterocycles. The Hall–Kier alpha value is -2.53. The zero-order valence-electron chi connectivity index (χ0n) is 16.1. The molecule has 0 bridgehead atoms. The number of carbonyl (C=O) groups is 1. The van der Waals surface area contributed by atoms with E-state index in [2.05, 4.69) is 5.32 Å². The predicted octanol–water partition coefficient (Wildman–Crippen LogP) is 2.10. The molecule has 2 aromatic rings. The minimum atomic E-state index is -3.89. The average molecular weight is 423 g/mol. The van der Waals surface area contributed by atoms with E-state index >= 15 is 0 Å². The molecule has 0 atom stereocenters. The molecule has 0 unspecified atom stereocenters. The maximum atomic E-state index is 14.5. The molecule has 10 heteroatoms. The standard InChI is InChI=1S/C19H22FN3O5S/c1-22(27-2)29(25,26)16-5-3-4-14(12-16)19(24)21-15-6-7-18(17(20)13-15)23-8-10-28-11-9-23/h3-7,12-13H,8-11H2,1-2H3,(H,21,24). The van der Waals surface area contributed by atoms with Gasteiger partial charge < -0.3 is 15.0 Å². The number of rotatable bonds is 6.